The Morgan fingerprint density at radius 1 is 1.80 bits per heavy atom. The predicted octanol–water partition coefficient (Wildman–Crippen LogP) is 0.0151. The molecule has 1 rings (SSSR count). The molecule has 0 fully saturated rings. The van der Waals surface area contributed by atoms with Crippen LogP contribution in [0, 0.1) is 0 Å². The maximum absolute atomic E-state index is 5.60. The molecule has 0 aromatic rings. The number of hydrogen-bond donors (Lipinski definition) is 2. The lowest BCUT2D eigenvalue weighted by molar-refractivity contribution is 0.634. The van der Waals surface area contributed by atoms with Crippen LogP contribution in [0.5, 0.6) is 0 Å². The fourth-order valence-electron chi connectivity index (χ4n) is 0.806. The summed E-state index contributed by atoms with van der Waals surface area (Å²) in [5.74, 6) is 0. The molecule has 0 bridgehead atoms. The number of nitrogens with zero attached hydrogens (tertiary/aromatic N) is 1. The minimum atomic E-state index is -0.116. The van der Waals surface area contributed by atoms with Gasteiger partial charge >= 0.3 is 0 Å². The van der Waals surface area contributed by atoms with Crippen molar-refractivity contribution in [2.24, 2.45) is 10.7 Å². The molecule has 0 aromatic carbocycles. The van der Waals surface area contributed by atoms with Crippen LogP contribution in [0.4, 0.5) is 0 Å². The molecule has 1 atom stereocenters. The van der Waals surface area contributed by atoms with E-state index >= 15 is 0 Å². The van der Waals surface area contributed by atoms with E-state index < -0.39 is 0 Å². The summed E-state index contributed by atoms with van der Waals surface area (Å²) >= 11 is 0. The smallest absolute Gasteiger partial charge is 0.139 e. The Morgan fingerprint density at radius 3 is 3.30 bits per heavy atom. The van der Waals surface area contributed by atoms with E-state index in [1.54, 1.807) is 0 Å². The van der Waals surface area contributed by atoms with Crippen molar-refractivity contribution >= 4 is 6.72 Å². The summed E-state index contributed by atoms with van der Waals surface area (Å²) in [5.41, 5.74) is 6.31. The van der Waals surface area contributed by atoms with Crippen molar-refractivity contribution in [1.29, 1.82) is 0 Å². The van der Waals surface area contributed by atoms with E-state index in [0.717, 1.165) is 6.54 Å². The normalized spacial score (nSPS) is 25.2. The van der Waals surface area contributed by atoms with Crippen LogP contribution in [-0.4, -0.2) is 19.4 Å². The molecule has 1 aliphatic rings. The highest BCUT2D eigenvalue weighted by atomic mass is 15.1. The molecule has 1 heterocycles. The Balaban J connectivity index is 2.69. The number of nitrogens with two attached hydrogens (primary N) is 1. The van der Waals surface area contributed by atoms with E-state index in [0.29, 0.717) is 5.70 Å². The molecule has 0 aromatic heterocycles. The highest BCUT2D eigenvalue weighted by molar-refractivity contribution is 5.28. The molecule has 54 valence electrons. The first-order valence-electron chi connectivity index (χ1n) is 3.16. The molecule has 0 amide bonds. The van der Waals surface area contributed by atoms with Crippen LogP contribution in [0.25, 0.3) is 0 Å². The summed E-state index contributed by atoms with van der Waals surface area (Å²) in [6.45, 7) is 4.21. The molecule has 0 radical (unpaired) electrons. The highest BCUT2D eigenvalue weighted by Gasteiger charge is 2.06. The zero-order valence-electron chi connectivity index (χ0n) is 5.75. The minimum absolute atomic E-state index is 0.116. The molecule has 0 spiro atoms. The monoisotopic (exact) mass is 137 g/mol. The minimum Gasteiger partial charge on any atom is -0.399 e. The number of nitrogens with one attached hydrogen (secondary N) is 1. The number of allylic oxidation sites excluding steroid dienone is 2. The summed E-state index contributed by atoms with van der Waals surface area (Å²) in [4.78, 5) is 3.79. The quantitative estimate of drug-likeness (QED) is 0.500. The lowest BCUT2D eigenvalue weighted by Crippen LogP contribution is -2.31. The van der Waals surface area contributed by atoms with E-state index in [4.69, 9.17) is 5.73 Å². The van der Waals surface area contributed by atoms with Gasteiger partial charge in [0.25, 0.3) is 0 Å². The van der Waals surface area contributed by atoms with Gasteiger partial charge in [-0.3, -0.25) is 10.3 Å². The number of rotatable bonds is 1. The molecule has 3 nitrogen and oxygen atoms in total. The topological polar surface area (TPSA) is 50.4 Å². The van der Waals surface area contributed by atoms with Crippen molar-refractivity contribution in [2.75, 3.05) is 6.54 Å². The second kappa shape index (κ2) is 3.17. The maximum Gasteiger partial charge on any atom is 0.139 e. The van der Waals surface area contributed by atoms with Crippen LogP contribution in [-0.2, 0) is 0 Å². The van der Waals surface area contributed by atoms with E-state index in [2.05, 4.69) is 17.0 Å². The molecule has 0 aliphatic carbocycles. The summed E-state index contributed by atoms with van der Waals surface area (Å²) in [7, 11) is 0. The molecule has 3 N–H and O–H groups in total. The lowest BCUT2D eigenvalue weighted by Gasteiger charge is -2.10. The van der Waals surface area contributed by atoms with E-state index in [-0.39, 0.29) is 6.17 Å². The first-order chi connectivity index (χ1) is 4.84. The fraction of sp³-hybridized carbons (Fsp3) is 0.286. The lowest BCUT2D eigenvalue weighted by atomic mass is 10.3. The zero-order valence-corrected chi connectivity index (χ0v) is 5.75. The van der Waals surface area contributed by atoms with Gasteiger partial charge in [-0.25, -0.2) is 0 Å². The van der Waals surface area contributed by atoms with Gasteiger partial charge in [0, 0.05) is 12.2 Å². The van der Waals surface area contributed by atoms with Crippen molar-refractivity contribution in [1.82, 2.24) is 5.32 Å². The van der Waals surface area contributed by atoms with Gasteiger partial charge in [0.1, 0.15) is 6.17 Å². The highest BCUT2D eigenvalue weighted by Crippen LogP contribution is 1.98. The average molecular weight is 137 g/mol. The molecule has 1 unspecified atom stereocenters. The Labute approximate surface area is 60.3 Å². The average Bonchev–Trinajstić information content (AvgIpc) is 2.13. The van der Waals surface area contributed by atoms with Crippen molar-refractivity contribution in [3.05, 3.63) is 23.9 Å². The molecule has 0 saturated carbocycles. The summed E-state index contributed by atoms with van der Waals surface area (Å²) in [6, 6.07) is 0. The SMILES string of the molecule is C=NC1NCC=CC=C1N. The van der Waals surface area contributed by atoms with Crippen LogP contribution < -0.4 is 11.1 Å². The van der Waals surface area contributed by atoms with E-state index in [1.165, 1.54) is 0 Å². The van der Waals surface area contributed by atoms with Gasteiger partial charge in [-0.2, -0.15) is 0 Å². The van der Waals surface area contributed by atoms with Crippen LogP contribution in [0.1, 0.15) is 0 Å². The zero-order chi connectivity index (χ0) is 7.40. The van der Waals surface area contributed by atoms with Gasteiger partial charge in [-0.1, -0.05) is 12.2 Å². The van der Waals surface area contributed by atoms with Crippen molar-refractivity contribution in [3.8, 4) is 0 Å². The van der Waals surface area contributed by atoms with Crippen molar-refractivity contribution < 1.29 is 0 Å². The van der Waals surface area contributed by atoms with Gasteiger partial charge in [0.2, 0.25) is 0 Å². The molecule has 1 aliphatic heterocycles. The van der Waals surface area contributed by atoms with Gasteiger partial charge in [0.15, 0.2) is 0 Å². The molecule has 10 heavy (non-hydrogen) atoms. The first kappa shape index (κ1) is 7.02. The van der Waals surface area contributed by atoms with Crippen LogP contribution in [0.15, 0.2) is 28.9 Å². The third kappa shape index (κ3) is 1.45. The van der Waals surface area contributed by atoms with E-state index in [9.17, 15) is 0 Å². The maximum atomic E-state index is 5.60. The van der Waals surface area contributed by atoms with Gasteiger partial charge in [0.05, 0.1) is 0 Å². The Hall–Kier alpha value is -1.09. The second-order valence-corrected chi connectivity index (χ2v) is 2.09. The van der Waals surface area contributed by atoms with Crippen LogP contribution >= 0.6 is 0 Å². The first-order valence-corrected chi connectivity index (χ1v) is 3.16. The molecule has 0 saturated heterocycles. The fourth-order valence-corrected chi connectivity index (χ4v) is 0.806. The second-order valence-electron chi connectivity index (χ2n) is 2.09. The van der Waals surface area contributed by atoms with Crippen molar-refractivity contribution in [3.63, 3.8) is 0 Å². The largest absolute Gasteiger partial charge is 0.399 e. The Kier molecular flexibility index (Phi) is 2.23. The van der Waals surface area contributed by atoms with E-state index in [1.807, 2.05) is 18.2 Å². The van der Waals surface area contributed by atoms with Gasteiger partial charge in [-0.05, 0) is 12.8 Å². The van der Waals surface area contributed by atoms with Gasteiger partial charge in [-0.15, -0.1) is 0 Å². The van der Waals surface area contributed by atoms with Crippen LogP contribution in [0.3, 0.4) is 0 Å². The predicted molar refractivity (Wildman–Crippen MR) is 42.8 cm³/mol. The van der Waals surface area contributed by atoms with Crippen molar-refractivity contribution in [2.45, 2.75) is 6.17 Å². The summed E-state index contributed by atoms with van der Waals surface area (Å²) < 4.78 is 0. The third-order valence-corrected chi connectivity index (χ3v) is 1.35. The third-order valence-electron chi connectivity index (χ3n) is 1.35. The number of aliphatic imine (C=N–C) groups is 1. The van der Waals surface area contributed by atoms with Gasteiger partial charge < -0.3 is 5.73 Å². The Morgan fingerprint density at radius 2 is 2.60 bits per heavy atom. The summed E-state index contributed by atoms with van der Waals surface area (Å²) in [5, 5.41) is 3.07. The standard InChI is InChI=1S/C7H11N3/c1-9-7-6(8)4-2-3-5-10-7/h2-4,7,10H,1,5,8H2. The van der Waals surface area contributed by atoms with Crippen LogP contribution in [0.2, 0.25) is 0 Å². The Bertz CT molecular complexity index is 181. The molecule has 3 heteroatoms. The molecular formula is C7H11N3. The number of hydrogen-bond acceptors (Lipinski definition) is 3. The molecular weight excluding hydrogens is 126 g/mol. The summed E-state index contributed by atoms with van der Waals surface area (Å²) in [6.07, 6.45) is 5.61.